The lowest BCUT2D eigenvalue weighted by molar-refractivity contribution is -0.111. The minimum absolute atomic E-state index is 0.179. The molecule has 0 atom stereocenters. The lowest BCUT2D eigenvalue weighted by Crippen LogP contribution is -2.10. The number of fused-ring (bicyclic) bond motifs is 1. The van der Waals surface area contributed by atoms with E-state index in [1.807, 2.05) is 38.1 Å². The lowest BCUT2D eigenvalue weighted by atomic mass is 9.96. The van der Waals surface area contributed by atoms with Gasteiger partial charge in [-0.15, -0.1) is 0 Å². The van der Waals surface area contributed by atoms with Gasteiger partial charge in [0, 0.05) is 27.6 Å². The van der Waals surface area contributed by atoms with Crippen molar-refractivity contribution in [2.24, 2.45) is 0 Å². The average Bonchev–Trinajstić information content (AvgIpc) is 2.74. The molecule has 4 rings (SSSR count). The number of aromatic hydroxyl groups is 1. The van der Waals surface area contributed by atoms with Crippen molar-refractivity contribution in [3.05, 3.63) is 94.6 Å². The molecule has 0 saturated heterocycles. The number of phenols is 1. The van der Waals surface area contributed by atoms with Gasteiger partial charge in [-0.25, -0.2) is 0 Å². The quantitative estimate of drug-likeness (QED) is 0.363. The fraction of sp³-hybridized carbons (Fsp3) is 0.0769. The van der Waals surface area contributed by atoms with Gasteiger partial charge in [-0.1, -0.05) is 53.6 Å². The Labute approximate surface area is 185 Å². The lowest BCUT2D eigenvalue weighted by Gasteiger charge is -2.16. The van der Waals surface area contributed by atoms with Gasteiger partial charge in [0.25, 0.3) is 0 Å². The van der Waals surface area contributed by atoms with Crippen LogP contribution in [0.15, 0.2) is 72.9 Å². The van der Waals surface area contributed by atoms with Crippen LogP contribution in [0, 0.1) is 13.8 Å². The van der Waals surface area contributed by atoms with Gasteiger partial charge in [-0.05, 0) is 55.3 Å². The normalized spacial score (nSPS) is 11.2. The summed E-state index contributed by atoms with van der Waals surface area (Å²) >= 11 is 6.53. The molecule has 0 saturated carbocycles. The van der Waals surface area contributed by atoms with Crippen LogP contribution in [0.4, 0.5) is 5.69 Å². The molecule has 0 spiro atoms. The first-order valence-corrected chi connectivity index (χ1v) is 10.2. The summed E-state index contributed by atoms with van der Waals surface area (Å²) in [5, 5.41) is 13.9. The van der Waals surface area contributed by atoms with Gasteiger partial charge < -0.3 is 10.4 Å². The van der Waals surface area contributed by atoms with E-state index in [1.54, 1.807) is 36.5 Å². The van der Waals surface area contributed by atoms with Gasteiger partial charge in [0.15, 0.2) is 0 Å². The molecule has 5 heteroatoms. The molecule has 0 fully saturated rings. The first-order valence-electron chi connectivity index (χ1n) is 9.85. The zero-order valence-corrected chi connectivity index (χ0v) is 17.9. The van der Waals surface area contributed by atoms with Crippen LogP contribution >= 0.6 is 11.6 Å². The van der Waals surface area contributed by atoms with E-state index in [9.17, 15) is 9.90 Å². The molecule has 1 amide bonds. The van der Waals surface area contributed by atoms with Gasteiger partial charge in [-0.3, -0.25) is 9.78 Å². The summed E-state index contributed by atoms with van der Waals surface area (Å²) in [5.41, 5.74) is 6.11. The molecule has 2 N–H and O–H groups in total. The summed E-state index contributed by atoms with van der Waals surface area (Å²) in [6, 6.07) is 18.3. The number of phenolic OH excluding ortho intramolecular Hbond substituents is 1. The topological polar surface area (TPSA) is 62.2 Å². The Morgan fingerprint density at radius 3 is 2.55 bits per heavy atom. The second-order valence-corrected chi connectivity index (χ2v) is 7.83. The average molecular weight is 429 g/mol. The van der Waals surface area contributed by atoms with Crippen LogP contribution in [0.3, 0.4) is 0 Å². The second kappa shape index (κ2) is 8.62. The highest BCUT2D eigenvalue weighted by atomic mass is 35.5. The number of nitrogens with zero attached hydrogens (tertiary/aromatic N) is 1. The van der Waals surface area contributed by atoms with Crippen LogP contribution in [-0.2, 0) is 4.79 Å². The van der Waals surface area contributed by atoms with Crippen molar-refractivity contribution in [1.82, 2.24) is 4.98 Å². The molecule has 4 aromatic rings. The Hall–Kier alpha value is -3.63. The smallest absolute Gasteiger partial charge is 0.248 e. The molecule has 0 aliphatic carbocycles. The van der Waals surface area contributed by atoms with Crippen molar-refractivity contribution >= 4 is 40.2 Å². The Kier molecular flexibility index (Phi) is 5.74. The summed E-state index contributed by atoms with van der Waals surface area (Å²) in [6.45, 7) is 4.06. The molecule has 31 heavy (non-hydrogen) atoms. The molecule has 0 radical (unpaired) electrons. The molecule has 1 aromatic heterocycles. The van der Waals surface area contributed by atoms with E-state index in [2.05, 4.69) is 22.4 Å². The maximum absolute atomic E-state index is 12.7. The number of nitrogens with one attached hydrogen (secondary N) is 1. The maximum Gasteiger partial charge on any atom is 0.248 e. The third kappa shape index (κ3) is 4.44. The second-order valence-electron chi connectivity index (χ2n) is 7.42. The predicted molar refractivity (Wildman–Crippen MR) is 127 cm³/mol. The zero-order valence-electron chi connectivity index (χ0n) is 17.2. The van der Waals surface area contributed by atoms with Gasteiger partial charge in [-0.2, -0.15) is 0 Å². The molecule has 0 bridgehead atoms. The van der Waals surface area contributed by atoms with E-state index in [1.165, 1.54) is 6.08 Å². The molecule has 1 heterocycles. The van der Waals surface area contributed by atoms with Crippen LogP contribution in [0.2, 0.25) is 5.02 Å². The van der Waals surface area contributed by atoms with Crippen LogP contribution < -0.4 is 5.32 Å². The number of rotatable bonds is 4. The molecule has 0 unspecified atom stereocenters. The maximum atomic E-state index is 12.7. The summed E-state index contributed by atoms with van der Waals surface area (Å²) < 4.78 is 0. The Morgan fingerprint density at radius 1 is 1.06 bits per heavy atom. The number of halogens is 1. The summed E-state index contributed by atoms with van der Waals surface area (Å²) in [7, 11) is 0. The van der Waals surface area contributed by atoms with Crippen molar-refractivity contribution in [3.8, 4) is 16.9 Å². The number of hydrogen-bond donors (Lipinski definition) is 2. The van der Waals surface area contributed by atoms with Crippen molar-refractivity contribution < 1.29 is 9.90 Å². The number of pyridine rings is 1. The highest BCUT2D eigenvalue weighted by molar-refractivity contribution is 6.34. The molecule has 154 valence electrons. The number of aryl methyl sites for hydroxylation is 2. The minimum atomic E-state index is -0.285. The van der Waals surface area contributed by atoms with E-state index >= 15 is 0 Å². The van der Waals surface area contributed by atoms with Gasteiger partial charge >= 0.3 is 0 Å². The van der Waals surface area contributed by atoms with Crippen LogP contribution in [-0.4, -0.2) is 16.0 Å². The van der Waals surface area contributed by atoms with Crippen LogP contribution in [0.5, 0.6) is 5.75 Å². The van der Waals surface area contributed by atoms with Crippen molar-refractivity contribution in [2.75, 3.05) is 5.32 Å². The SMILES string of the molecule is Cc1cc(C)c2ncc(NC(=O)C=Cc3ccc(O)cc3)c(-c3ccccc3Cl)c2c1. The Balaban J connectivity index is 1.78. The molecule has 3 aromatic carbocycles. The van der Waals surface area contributed by atoms with E-state index in [-0.39, 0.29) is 11.7 Å². The minimum Gasteiger partial charge on any atom is -0.508 e. The third-order valence-electron chi connectivity index (χ3n) is 5.03. The third-order valence-corrected chi connectivity index (χ3v) is 5.36. The fourth-order valence-electron chi connectivity index (χ4n) is 3.64. The summed E-state index contributed by atoms with van der Waals surface area (Å²) in [5.74, 6) is -0.106. The predicted octanol–water partition coefficient (Wildman–Crippen LogP) is 6.53. The monoisotopic (exact) mass is 428 g/mol. The van der Waals surface area contributed by atoms with Gasteiger partial charge in [0.05, 0.1) is 17.4 Å². The fourth-order valence-corrected chi connectivity index (χ4v) is 3.87. The van der Waals surface area contributed by atoms with Gasteiger partial charge in [0.1, 0.15) is 5.75 Å². The largest absolute Gasteiger partial charge is 0.508 e. The number of hydrogen-bond acceptors (Lipinski definition) is 3. The number of anilines is 1. The standard InChI is InChI=1S/C26H21ClN2O2/c1-16-13-17(2)26-21(14-16)25(20-5-3-4-6-22(20)27)23(15-28-26)29-24(31)12-9-18-7-10-19(30)11-8-18/h3-15,30H,1-2H3,(H,29,31). The summed E-state index contributed by atoms with van der Waals surface area (Å²) in [4.78, 5) is 17.3. The van der Waals surface area contributed by atoms with Crippen molar-refractivity contribution in [2.45, 2.75) is 13.8 Å². The molecular weight excluding hydrogens is 408 g/mol. The highest BCUT2D eigenvalue weighted by Gasteiger charge is 2.16. The number of aromatic nitrogens is 1. The Bertz CT molecular complexity index is 1310. The first kappa shape index (κ1) is 20.6. The summed E-state index contributed by atoms with van der Waals surface area (Å²) in [6.07, 6.45) is 4.82. The van der Waals surface area contributed by atoms with Crippen LogP contribution in [0.25, 0.3) is 28.1 Å². The number of amides is 1. The zero-order chi connectivity index (χ0) is 22.0. The van der Waals surface area contributed by atoms with E-state index in [0.717, 1.165) is 38.7 Å². The molecule has 0 aliphatic heterocycles. The highest BCUT2D eigenvalue weighted by Crippen LogP contribution is 2.39. The Morgan fingerprint density at radius 2 is 1.81 bits per heavy atom. The van der Waals surface area contributed by atoms with Crippen molar-refractivity contribution in [1.29, 1.82) is 0 Å². The number of carbonyl (C=O) groups is 1. The van der Waals surface area contributed by atoms with E-state index < -0.39 is 0 Å². The van der Waals surface area contributed by atoms with Gasteiger partial charge in [0.2, 0.25) is 5.91 Å². The molecule has 4 nitrogen and oxygen atoms in total. The van der Waals surface area contributed by atoms with E-state index in [4.69, 9.17) is 11.6 Å². The van der Waals surface area contributed by atoms with E-state index in [0.29, 0.717) is 10.7 Å². The first-order chi connectivity index (χ1) is 14.9. The molecular formula is C26H21ClN2O2. The van der Waals surface area contributed by atoms with Crippen LogP contribution in [0.1, 0.15) is 16.7 Å². The number of benzene rings is 3. The van der Waals surface area contributed by atoms with Crippen molar-refractivity contribution in [3.63, 3.8) is 0 Å². The number of carbonyl (C=O) groups excluding carboxylic acids is 1. The molecule has 0 aliphatic rings.